The summed E-state index contributed by atoms with van der Waals surface area (Å²) in [6.07, 6.45) is 1.64. The summed E-state index contributed by atoms with van der Waals surface area (Å²) < 4.78 is 1.50. The molecular formula is C11H9Cl2N3O2. The number of amides is 1. The van der Waals surface area contributed by atoms with E-state index in [9.17, 15) is 9.90 Å². The van der Waals surface area contributed by atoms with Gasteiger partial charge >= 0.3 is 0 Å². The van der Waals surface area contributed by atoms with Gasteiger partial charge in [0.15, 0.2) is 11.4 Å². The number of phenolic OH excluding ortho intramolecular Hbond substituents is 1. The number of nitrogens with zero attached hydrogens (tertiary/aromatic N) is 2. The Bertz CT molecular complexity index is 610. The summed E-state index contributed by atoms with van der Waals surface area (Å²) in [6.45, 7) is 0. The van der Waals surface area contributed by atoms with Crippen molar-refractivity contribution in [1.29, 1.82) is 0 Å². The number of hydrogen-bond acceptors (Lipinski definition) is 3. The fourth-order valence-corrected chi connectivity index (χ4v) is 1.88. The van der Waals surface area contributed by atoms with E-state index in [1.807, 2.05) is 0 Å². The first-order valence-electron chi connectivity index (χ1n) is 4.96. The van der Waals surface area contributed by atoms with Crippen LogP contribution in [-0.2, 0) is 7.05 Å². The van der Waals surface area contributed by atoms with Crippen molar-refractivity contribution >= 4 is 34.8 Å². The molecule has 1 aromatic carbocycles. The minimum Gasteiger partial charge on any atom is -0.504 e. The van der Waals surface area contributed by atoms with Crippen molar-refractivity contribution in [3.63, 3.8) is 0 Å². The minimum absolute atomic E-state index is 0.0684. The number of phenols is 1. The summed E-state index contributed by atoms with van der Waals surface area (Å²) in [4.78, 5) is 11.8. The van der Waals surface area contributed by atoms with E-state index in [1.54, 1.807) is 19.3 Å². The normalized spacial score (nSPS) is 10.4. The van der Waals surface area contributed by atoms with Crippen molar-refractivity contribution in [2.45, 2.75) is 0 Å². The maximum absolute atomic E-state index is 11.8. The zero-order chi connectivity index (χ0) is 13.3. The van der Waals surface area contributed by atoms with E-state index < -0.39 is 5.91 Å². The lowest BCUT2D eigenvalue weighted by molar-refractivity contribution is 0.102. The smallest absolute Gasteiger partial charge is 0.276 e. The molecule has 1 amide bonds. The number of anilines is 1. The second kappa shape index (κ2) is 4.88. The van der Waals surface area contributed by atoms with E-state index in [4.69, 9.17) is 23.2 Å². The Morgan fingerprint density at radius 3 is 2.78 bits per heavy atom. The van der Waals surface area contributed by atoms with E-state index in [1.165, 1.54) is 16.8 Å². The van der Waals surface area contributed by atoms with Crippen molar-refractivity contribution in [1.82, 2.24) is 9.78 Å². The SMILES string of the molecule is Cn1ccc(C(=O)Nc2cc(Cl)cc(Cl)c2O)n1. The molecule has 0 fully saturated rings. The molecule has 2 N–H and O–H groups in total. The number of aryl methyl sites for hydroxylation is 1. The fourth-order valence-electron chi connectivity index (χ4n) is 1.38. The molecule has 2 rings (SSSR count). The van der Waals surface area contributed by atoms with Crippen LogP contribution in [0.15, 0.2) is 24.4 Å². The molecule has 94 valence electrons. The molecule has 0 saturated heterocycles. The molecule has 0 aliphatic heterocycles. The van der Waals surface area contributed by atoms with Gasteiger partial charge in [0.05, 0.1) is 10.7 Å². The Kier molecular flexibility index (Phi) is 3.45. The van der Waals surface area contributed by atoms with Gasteiger partial charge in [0.1, 0.15) is 0 Å². The minimum atomic E-state index is -0.454. The zero-order valence-electron chi connectivity index (χ0n) is 9.32. The monoisotopic (exact) mass is 285 g/mol. The van der Waals surface area contributed by atoms with Gasteiger partial charge in [0, 0.05) is 18.3 Å². The molecule has 0 bridgehead atoms. The van der Waals surface area contributed by atoms with Crippen LogP contribution < -0.4 is 5.32 Å². The molecule has 18 heavy (non-hydrogen) atoms. The van der Waals surface area contributed by atoms with Crippen LogP contribution in [0.25, 0.3) is 0 Å². The maximum Gasteiger partial charge on any atom is 0.276 e. The number of nitrogens with one attached hydrogen (secondary N) is 1. The highest BCUT2D eigenvalue weighted by atomic mass is 35.5. The predicted octanol–water partition coefficient (Wildman–Crippen LogP) is 2.68. The van der Waals surface area contributed by atoms with Gasteiger partial charge in [-0.3, -0.25) is 9.48 Å². The van der Waals surface area contributed by atoms with Crippen LogP contribution in [0.1, 0.15) is 10.5 Å². The summed E-state index contributed by atoms with van der Waals surface area (Å²) in [5, 5.41) is 16.5. The highest BCUT2D eigenvalue weighted by Gasteiger charge is 2.14. The molecule has 5 nitrogen and oxygen atoms in total. The van der Waals surface area contributed by atoms with Gasteiger partial charge in [-0.2, -0.15) is 5.10 Å². The summed E-state index contributed by atoms with van der Waals surface area (Å²) in [6, 6.07) is 4.34. The largest absolute Gasteiger partial charge is 0.504 e. The third-order valence-corrected chi connectivity index (χ3v) is 2.73. The average Bonchev–Trinajstić information content (AvgIpc) is 2.72. The summed E-state index contributed by atoms with van der Waals surface area (Å²) in [5.74, 6) is -0.686. The van der Waals surface area contributed by atoms with Crippen molar-refractivity contribution in [2.24, 2.45) is 7.05 Å². The lowest BCUT2D eigenvalue weighted by atomic mass is 10.2. The fraction of sp³-hybridized carbons (Fsp3) is 0.0909. The molecule has 7 heteroatoms. The van der Waals surface area contributed by atoms with Gasteiger partial charge in [0.2, 0.25) is 0 Å². The van der Waals surface area contributed by atoms with Crippen LogP contribution in [0.5, 0.6) is 5.75 Å². The summed E-state index contributed by atoms with van der Waals surface area (Å²) >= 11 is 11.5. The first kappa shape index (κ1) is 12.7. The highest BCUT2D eigenvalue weighted by molar-refractivity contribution is 6.36. The topological polar surface area (TPSA) is 67.2 Å². The van der Waals surface area contributed by atoms with E-state index in [0.29, 0.717) is 5.02 Å². The number of aromatic nitrogens is 2. The molecule has 0 aliphatic rings. The number of carbonyl (C=O) groups excluding carboxylic acids is 1. The molecule has 0 saturated carbocycles. The summed E-state index contributed by atoms with van der Waals surface area (Å²) in [5.41, 5.74) is 0.371. The summed E-state index contributed by atoms with van der Waals surface area (Å²) in [7, 11) is 1.70. The lowest BCUT2D eigenvalue weighted by Gasteiger charge is -2.07. The third kappa shape index (κ3) is 2.57. The van der Waals surface area contributed by atoms with Gasteiger partial charge in [-0.15, -0.1) is 0 Å². The lowest BCUT2D eigenvalue weighted by Crippen LogP contribution is -2.13. The van der Waals surface area contributed by atoms with E-state index >= 15 is 0 Å². The molecule has 0 radical (unpaired) electrons. The van der Waals surface area contributed by atoms with Gasteiger partial charge in [-0.25, -0.2) is 0 Å². The number of carbonyl (C=O) groups is 1. The van der Waals surface area contributed by atoms with Crippen LogP contribution >= 0.6 is 23.2 Å². The number of rotatable bonds is 2. The Morgan fingerprint density at radius 1 is 1.44 bits per heavy atom. The third-order valence-electron chi connectivity index (χ3n) is 2.22. The molecule has 0 spiro atoms. The molecule has 0 aliphatic carbocycles. The number of halogens is 2. The second-order valence-electron chi connectivity index (χ2n) is 3.61. The molecule has 0 unspecified atom stereocenters. The maximum atomic E-state index is 11.8. The Balaban J connectivity index is 2.27. The Labute approximate surface area is 113 Å². The zero-order valence-corrected chi connectivity index (χ0v) is 10.8. The first-order chi connectivity index (χ1) is 8.47. The van der Waals surface area contributed by atoms with Gasteiger partial charge in [0.25, 0.3) is 5.91 Å². The molecular weight excluding hydrogens is 277 g/mol. The van der Waals surface area contributed by atoms with Crippen molar-refractivity contribution < 1.29 is 9.90 Å². The van der Waals surface area contributed by atoms with Gasteiger partial charge < -0.3 is 10.4 Å². The predicted molar refractivity (Wildman–Crippen MR) is 69.3 cm³/mol. The van der Waals surface area contributed by atoms with Crippen molar-refractivity contribution in [2.75, 3.05) is 5.32 Å². The van der Waals surface area contributed by atoms with E-state index in [-0.39, 0.29) is 22.2 Å². The number of benzene rings is 1. The Morgan fingerprint density at radius 2 is 2.17 bits per heavy atom. The molecule has 1 aromatic heterocycles. The van der Waals surface area contributed by atoms with Crippen molar-refractivity contribution in [3.05, 3.63) is 40.1 Å². The quantitative estimate of drug-likeness (QED) is 0.834. The van der Waals surface area contributed by atoms with Crippen LogP contribution in [0.4, 0.5) is 5.69 Å². The highest BCUT2D eigenvalue weighted by Crippen LogP contribution is 2.35. The average molecular weight is 286 g/mol. The molecule has 2 aromatic rings. The molecule has 0 atom stereocenters. The van der Waals surface area contributed by atoms with Crippen LogP contribution in [0.3, 0.4) is 0 Å². The van der Waals surface area contributed by atoms with E-state index in [2.05, 4.69) is 10.4 Å². The van der Waals surface area contributed by atoms with Gasteiger partial charge in [-0.1, -0.05) is 23.2 Å². The Hall–Kier alpha value is -1.72. The second-order valence-corrected chi connectivity index (χ2v) is 4.46. The van der Waals surface area contributed by atoms with Crippen LogP contribution in [0, 0.1) is 0 Å². The first-order valence-corrected chi connectivity index (χ1v) is 5.72. The number of aromatic hydroxyl groups is 1. The number of hydrogen-bond donors (Lipinski definition) is 2. The van der Waals surface area contributed by atoms with Gasteiger partial charge in [-0.05, 0) is 18.2 Å². The molecule has 1 heterocycles. The van der Waals surface area contributed by atoms with Crippen molar-refractivity contribution in [3.8, 4) is 5.75 Å². The standard InChI is InChI=1S/C11H9Cl2N3O2/c1-16-3-2-8(15-16)11(18)14-9-5-6(12)4-7(13)10(9)17/h2-5,17H,1H3,(H,14,18). The van der Waals surface area contributed by atoms with E-state index in [0.717, 1.165) is 0 Å². The van der Waals surface area contributed by atoms with Crippen LogP contribution in [0.2, 0.25) is 10.0 Å². The van der Waals surface area contributed by atoms with Crippen LogP contribution in [-0.4, -0.2) is 20.8 Å².